The van der Waals surface area contributed by atoms with Gasteiger partial charge in [-0.1, -0.05) is 12.1 Å². The number of benzene rings is 1. The fourth-order valence-electron chi connectivity index (χ4n) is 1.37. The smallest absolute Gasteiger partial charge is 0.180 e. The summed E-state index contributed by atoms with van der Waals surface area (Å²) >= 11 is 0. The Morgan fingerprint density at radius 2 is 1.82 bits per heavy atom. The Hall–Kier alpha value is -1.54. The zero-order valence-electron chi connectivity index (χ0n) is 10.2. The van der Waals surface area contributed by atoms with Gasteiger partial charge < -0.3 is 4.90 Å². The van der Waals surface area contributed by atoms with E-state index < -0.39 is 15.1 Å². The van der Waals surface area contributed by atoms with Gasteiger partial charge in [0.05, 0.1) is 16.7 Å². The minimum Gasteiger partial charge on any atom is -0.309 e. The summed E-state index contributed by atoms with van der Waals surface area (Å²) in [5, 5.41) is 8.21. The van der Waals surface area contributed by atoms with Gasteiger partial charge in [0.2, 0.25) is 0 Å². The van der Waals surface area contributed by atoms with Crippen molar-refractivity contribution in [2.24, 2.45) is 0 Å². The van der Waals surface area contributed by atoms with Crippen LogP contribution in [0.25, 0.3) is 0 Å². The molecule has 4 nitrogen and oxygen atoms in total. The van der Waals surface area contributed by atoms with E-state index in [1.807, 2.05) is 6.19 Å². The van der Waals surface area contributed by atoms with E-state index >= 15 is 0 Å². The lowest BCUT2D eigenvalue weighted by atomic mass is 10.2. The molecular weight excluding hydrogens is 236 g/mol. The van der Waals surface area contributed by atoms with Crippen molar-refractivity contribution in [3.63, 3.8) is 0 Å². The summed E-state index contributed by atoms with van der Waals surface area (Å²) in [4.78, 5) is 1.81. The third-order valence-corrected chi connectivity index (χ3v) is 4.63. The molecule has 0 aromatic heterocycles. The summed E-state index contributed by atoms with van der Waals surface area (Å²) in [7, 11) is -1.53. The first-order valence-electron chi connectivity index (χ1n) is 5.31. The van der Waals surface area contributed by atoms with E-state index in [1.165, 1.54) is 4.90 Å². The molecule has 0 heterocycles. The highest BCUT2D eigenvalue weighted by Gasteiger charge is 2.18. The van der Waals surface area contributed by atoms with Crippen molar-refractivity contribution in [2.75, 3.05) is 7.05 Å². The molecule has 92 valence electrons. The van der Waals surface area contributed by atoms with Gasteiger partial charge in [-0.3, -0.25) is 0 Å². The van der Waals surface area contributed by atoms with Crippen LogP contribution in [-0.2, 0) is 16.4 Å². The van der Waals surface area contributed by atoms with Crippen LogP contribution in [0, 0.1) is 11.5 Å². The predicted octanol–water partition coefficient (Wildman–Crippen LogP) is 1.78. The first kappa shape index (κ1) is 13.5. The first-order valence-corrected chi connectivity index (χ1v) is 6.86. The molecule has 0 unspecified atom stereocenters. The summed E-state index contributed by atoms with van der Waals surface area (Å²) in [5.74, 6) is 0. The molecule has 0 N–H and O–H groups in total. The second-order valence-corrected chi connectivity index (χ2v) is 6.70. The van der Waals surface area contributed by atoms with Crippen molar-refractivity contribution >= 4 is 9.84 Å². The molecule has 0 radical (unpaired) electrons. The molecule has 0 aliphatic rings. The van der Waals surface area contributed by atoms with Crippen LogP contribution in [-0.4, -0.2) is 25.6 Å². The van der Waals surface area contributed by atoms with E-state index in [2.05, 4.69) is 0 Å². The lowest BCUT2D eigenvalue weighted by molar-refractivity contribution is 0.469. The van der Waals surface area contributed by atoms with Crippen LogP contribution in [0.1, 0.15) is 19.4 Å². The highest BCUT2D eigenvalue weighted by Crippen LogP contribution is 2.16. The second-order valence-electron chi connectivity index (χ2n) is 4.19. The Morgan fingerprint density at radius 3 is 2.24 bits per heavy atom. The van der Waals surface area contributed by atoms with Gasteiger partial charge in [-0.25, -0.2) is 8.42 Å². The van der Waals surface area contributed by atoms with Crippen molar-refractivity contribution < 1.29 is 8.42 Å². The van der Waals surface area contributed by atoms with Gasteiger partial charge in [0.1, 0.15) is 0 Å². The van der Waals surface area contributed by atoms with Crippen molar-refractivity contribution in [2.45, 2.75) is 30.5 Å². The average Bonchev–Trinajstić information content (AvgIpc) is 2.29. The van der Waals surface area contributed by atoms with E-state index in [9.17, 15) is 8.42 Å². The normalized spacial score (nSPS) is 11.2. The monoisotopic (exact) mass is 252 g/mol. The molecule has 1 rings (SSSR count). The predicted molar refractivity (Wildman–Crippen MR) is 65.8 cm³/mol. The summed E-state index contributed by atoms with van der Waals surface area (Å²) in [6, 6.07) is 6.66. The van der Waals surface area contributed by atoms with Crippen LogP contribution >= 0.6 is 0 Å². The van der Waals surface area contributed by atoms with Crippen molar-refractivity contribution in [1.29, 1.82) is 5.26 Å². The Balaban J connectivity index is 2.94. The molecule has 0 atom stereocenters. The molecule has 0 saturated heterocycles. The Labute approximate surface area is 102 Å². The van der Waals surface area contributed by atoms with Crippen LogP contribution in [0.4, 0.5) is 0 Å². The van der Waals surface area contributed by atoms with E-state index in [0.717, 1.165) is 5.56 Å². The molecule has 0 amide bonds. The minimum absolute atomic E-state index is 0.330. The largest absolute Gasteiger partial charge is 0.309 e. The maximum Gasteiger partial charge on any atom is 0.180 e. The number of rotatable bonds is 4. The van der Waals surface area contributed by atoms with Gasteiger partial charge in [0, 0.05) is 7.05 Å². The molecule has 0 saturated carbocycles. The number of sulfone groups is 1. The molecule has 0 spiro atoms. The first-order chi connectivity index (χ1) is 7.87. The van der Waals surface area contributed by atoms with Gasteiger partial charge in [0.25, 0.3) is 0 Å². The molecule has 17 heavy (non-hydrogen) atoms. The zero-order chi connectivity index (χ0) is 13.1. The fourth-order valence-corrected chi connectivity index (χ4v) is 2.43. The van der Waals surface area contributed by atoms with Crippen molar-refractivity contribution in [1.82, 2.24) is 4.90 Å². The number of hydrogen-bond acceptors (Lipinski definition) is 4. The molecule has 1 aromatic carbocycles. The number of nitrogens with zero attached hydrogens (tertiary/aromatic N) is 2. The Morgan fingerprint density at radius 1 is 1.29 bits per heavy atom. The molecule has 1 aromatic rings. The fraction of sp³-hybridized carbons (Fsp3) is 0.417. The van der Waals surface area contributed by atoms with Gasteiger partial charge in [-0.05, 0) is 31.5 Å². The molecule has 0 aliphatic heterocycles. The summed E-state index contributed by atoms with van der Waals surface area (Å²) < 4.78 is 23.7. The lowest BCUT2D eigenvalue weighted by Gasteiger charge is -2.11. The summed E-state index contributed by atoms with van der Waals surface area (Å²) in [6.45, 7) is 3.80. The summed E-state index contributed by atoms with van der Waals surface area (Å²) in [6.07, 6.45) is 1.99. The molecular formula is C12H16N2O2S. The number of nitriles is 1. The van der Waals surface area contributed by atoms with Crippen LogP contribution in [0.3, 0.4) is 0 Å². The van der Waals surface area contributed by atoms with Gasteiger partial charge in [0.15, 0.2) is 16.0 Å². The van der Waals surface area contributed by atoms with Crippen LogP contribution in [0.15, 0.2) is 29.2 Å². The van der Waals surface area contributed by atoms with E-state index in [0.29, 0.717) is 11.4 Å². The van der Waals surface area contributed by atoms with Crippen LogP contribution in [0.5, 0.6) is 0 Å². The quantitative estimate of drug-likeness (QED) is 0.605. The van der Waals surface area contributed by atoms with Crippen molar-refractivity contribution in [3.05, 3.63) is 29.8 Å². The summed E-state index contributed by atoms with van der Waals surface area (Å²) in [5.41, 5.74) is 0.914. The zero-order valence-corrected chi connectivity index (χ0v) is 11.0. The topological polar surface area (TPSA) is 61.2 Å². The van der Waals surface area contributed by atoms with Crippen LogP contribution in [0.2, 0.25) is 0 Å². The Kier molecular flexibility index (Phi) is 4.13. The third kappa shape index (κ3) is 3.21. The maximum absolute atomic E-state index is 11.9. The second kappa shape index (κ2) is 5.19. The average molecular weight is 252 g/mol. The van der Waals surface area contributed by atoms with E-state index in [1.54, 1.807) is 45.2 Å². The molecule has 5 heteroatoms. The highest BCUT2D eigenvalue weighted by molar-refractivity contribution is 7.92. The Bertz CT molecular complexity index is 512. The molecule has 0 fully saturated rings. The van der Waals surface area contributed by atoms with Gasteiger partial charge in [-0.2, -0.15) is 5.26 Å². The standard InChI is InChI=1S/C12H16N2O2S/c1-10(2)17(15,16)12-6-4-11(5-7-12)8-14(3)9-13/h4-7,10H,8H2,1-3H3. The van der Waals surface area contributed by atoms with Crippen LogP contribution < -0.4 is 0 Å². The van der Waals surface area contributed by atoms with E-state index in [4.69, 9.17) is 5.26 Å². The SMILES string of the molecule is CC(C)S(=O)(=O)c1ccc(CN(C)C#N)cc1. The lowest BCUT2D eigenvalue weighted by Crippen LogP contribution is -2.14. The maximum atomic E-state index is 11.9. The minimum atomic E-state index is -3.21. The molecule has 0 bridgehead atoms. The third-order valence-electron chi connectivity index (χ3n) is 2.46. The van der Waals surface area contributed by atoms with E-state index in [-0.39, 0.29) is 0 Å². The number of hydrogen-bond donors (Lipinski definition) is 0. The van der Waals surface area contributed by atoms with Gasteiger partial charge >= 0.3 is 0 Å². The van der Waals surface area contributed by atoms with Crippen molar-refractivity contribution in [3.8, 4) is 6.19 Å². The highest BCUT2D eigenvalue weighted by atomic mass is 32.2. The van der Waals surface area contributed by atoms with Gasteiger partial charge in [-0.15, -0.1) is 0 Å². The molecule has 0 aliphatic carbocycles.